The number of halogens is 1. The van der Waals surface area contributed by atoms with Crippen LogP contribution in [0.4, 0.5) is 4.39 Å². The van der Waals surface area contributed by atoms with E-state index in [1.807, 2.05) is 16.8 Å². The number of hydrogen-bond donors (Lipinski definition) is 0. The molecule has 1 heterocycles. The second kappa shape index (κ2) is 7.69. The summed E-state index contributed by atoms with van der Waals surface area (Å²) in [5, 5.41) is 4.05. The predicted octanol–water partition coefficient (Wildman–Crippen LogP) is 3.77. The third-order valence-corrected chi connectivity index (χ3v) is 3.62. The van der Waals surface area contributed by atoms with E-state index in [4.69, 9.17) is 4.74 Å². The third kappa shape index (κ3) is 5.47. The summed E-state index contributed by atoms with van der Waals surface area (Å²) in [7, 11) is 0. The number of ether oxygens (including phenoxy) is 1. The molecule has 0 aliphatic rings. The smallest absolute Gasteiger partial charge is 0.318 e. The van der Waals surface area contributed by atoms with Crippen LogP contribution < -0.4 is 4.74 Å². The Bertz CT molecular complexity index is 590. The SMILES string of the molecule is O=C(CCCc1ccsc1)CC(=O)Oc1ccc(F)cc1. The highest BCUT2D eigenvalue weighted by Crippen LogP contribution is 2.13. The van der Waals surface area contributed by atoms with Crippen molar-refractivity contribution < 1.29 is 18.7 Å². The molecule has 1 aromatic heterocycles. The summed E-state index contributed by atoms with van der Waals surface area (Å²) in [6.45, 7) is 0. The highest BCUT2D eigenvalue weighted by atomic mass is 32.1. The first-order chi connectivity index (χ1) is 10.1. The molecule has 0 atom stereocenters. The Morgan fingerprint density at radius 3 is 2.57 bits per heavy atom. The van der Waals surface area contributed by atoms with E-state index in [0.717, 1.165) is 12.8 Å². The van der Waals surface area contributed by atoms with Crippen molar-refractivity contribution in [1.29, 1.82) is 0 Å². The third-order valence-electron chi connectivity index (χ3n) is 2.89. The van der Waals surface area contributed by atoms with Crippen molar-refractivity contribution in [3.05, 3.63) is 52.5 Å². The molecule has 0 saturated heterocycles. The molecule has 1 aromatic carbocycles. The minimum atomic E-state index is -0.609. The Hall–Kier alpha value is -2.01. The normalized spacial score (nSPS) is 10.3. The van der Waals surface area contributed by atoms with Crippen LogP contribution in [0, 0.1) is 5.82 Å². The van der Waals surface area contributed by atoms with Gasteiger partial charge in [0.1, 0.15) is 23.8 Å². The van der Waals surface area contributed by atoms with E-state index in [1.165, 1.54) is 29.8 Å². The van der Waals surface area contributed by atoms with Gasteiger partial charge >= 0.3 is 5.97 Å². The maximum Gasteiger partial charge on any atom is 0.318 e. The molecule has 5 heteroatoms. The van der Waals surface area contributed by atoms with Crippen LogP contribution in [0.25, 0.3) is 0 Å². The van der Waals surface area contributed by atoms with Gasteiger partial charge in [0, 0.05) is 6.42 Å². The van der Waals surface area contributed by atoms with Gasteiger partial charge in [-0.25, -0.2) is 4.39 Å². The molecule has 2 aromatic rings. The molecule has 110 valence electrons. The quantitative estimate of drug-likeness (QED) is 0.444. The molecule has 0 saturated carbocycles. The summed E-state index contributed by atoms with van der Waals surface area (Å²) in [6, 6.07) is 7.14. The van der Waals surface area contributed by atoms with Crippen LogP contribution in [0.3, 0.4) is 0 Å². The Balaban J connectivity index is 1.69. The number of ketones is 1. The number of carbonyl (C=O) groups is 2. The van der Waals surface area contributed by atoms with Crippen LogP contribution in [-0.2, 0) is 16.0 Å². The second-order valence-electron chi connectivity index (χ2n) is 4.63. The molecule has 2 rings (SSSR count). The van der Waals surface area contributed by atoms with Crippen LogP contribution in [0.5, 0.6) is 5.75 Å². The first-order valence-corrected chi connectivity index (χ1v) is 7.57. The van der Waals surface area contributed by atoms with Gasteiger partial charge in [0.05, 0.1) is 0 Å². The lowest BCUT2D eigenvalue weighted by molar-refractivity contribution is -0.138. The van der Waals surface area contributed by atoms with E-state index in [9.17, 15) is 14.0 Å². The minimum Gasteiger partial charge on any atom is -0.426 e. The first kappa shape index (κ1) is 15.4. The Morgan fingerprint density at radius 1 is 1.14 bits per heavy atom. The Kier molecular flexibility index (Phi) is 5.63. The van der Waals surface area contributed by atoms with Crippen LogP contribution >= 0.6 is 11.3 Å². The Morgan fingerprint density at radius 2 is 1.90 bits per heavy atom. The van der Waals surface area contributed by atoms with Crippen molar-refractivity contribution >= 4 is 23.1 Å². The summed E-state index contributed by atoms with van der Waals surface area (Å²) in [6.07, 6.45) is 1.66. The topological polar surface area (TPSA) is 43.4 Å². The fraction of sp³-hybridized carbons (Fsp3) is 0.250. The van der Waals surface area contributed by atoms with Gasteiger partial charge in [-0.05, 0) is 59.5 Å². The summed E-state index contributed by atoms with van der Waals surface area (Å²) in [5.74, 6) is -0.911. The molecule has 21 heavy (non-hydrogen) atoms. The van der Waals surface area contributed by atoms with Gasteiger partial charge in [0.25, 0.3) is 0 Å². The largest absolute Gasteiger partial charge is 0.426 e. The molecule has 0 unspecified atom stereocenters. The second-order valence-corrected chi connectivity index (χ2v) is 5.41. The van der Waals surface area contributed by atoms with Crippen LogP contribution in [-0.4, -0.2) is 11.8 Å². The van der Waals surface area contributed by atoms with E-state index in [2.05, 4.69) is 0 Å². The number of benzene rings is 1. The van der Waals surface area contributed by atoms with Gasteiger partial charge in [-0.2, -0.15) is 11.3 Å². The van der Waals surface area contributed by atoms with Crippen molar-refractivity contribution in [3.63, 3.8) is 0 Å². The van der Waals surface area contributed by atoms with Gasteiger partial charge < -0.3 is 4.74 Å². The minimum absolute atomic E-state index is 0.141. The Labute approximate surface area is 126 Å². The zero-order valence-corrected chi connectivity index (χ0v) is 12.2. The van der Waals surface area contributed by atoms with Crippen molar-refractivity contribution in [2.75, 3.05) is 0 Å². The number of hydrogen-bond acceptors (Lipinski definition) is 4. The number of esters is 1. The lowest BCUT2D eigenvalue weighted by Crippen LogP contribution is -2.14. The average molecular weight is 306 g/mol. The van der Waals surface area contributed by atoms with Crippen molar-refractivity contribution in [3.8, 4) is 5.75 Å². The maximum absolute atomic E-state index is 12.7. The summed E-state index contributed by atoms with van der Waals surface area (Å²) < 4.78 is 17.7. The predicted molar refractivity (Wildman–Crippen MR) is 78.9 cm³/mol. The zero-order chi connectivity index (χ0) is 15.1. The number of Topliss-reactive ketones (excluding diaryl/α,β-unsaturated/α-hetero) is 1. The molecule has 0 spiro atoms. The van der Waals surface area contributed by atoms with Crippen LogP contribution in [0.15, 0.2) is 41.1 Å². The fourth-order valence-electron chi connectivity index (χ4n) is 1.84. The highest BCUT2D eigenvalue weighted by molar-refractivity contribution is 7.07. The maximum atomic E-state index is 12.7. The van der Waals surface area contributed by atoms with E-state index >= 15 is 0 Å². The van der Waals surface area contributed by atoms with Gasteiger partial charge in [-0.1, -0.05) is 0 Å². The molecule has 0 aliphatic heterocycles. The summed E-state index contributed by atoms with van der Waals surface area (Å²) in [4.78, 5) is 23.2. The molecular weight excluding hydrogens is 291 g/mol. The van der Waals surface area contributed by atoms with Crippen molar-refractivity contribution in [2.45, 2.75) is 25.7 Å². The number of aryl methyl sites for hydroxylation is 1. The van der Waals surface area contributed by atoms with Crippen molar-refractivity contribution in [1.82, 2.24) is 0 Å². The van der Waals surface area contributed by atoms with E-state index in [-0.39, 0.29) is 18.0 Å². The zero-order valence-electron chi connectivity index (χ0n) is 11.4. The first-order valence-electron chi connectivity index (χ1n) is 6.62. The molecular formula is C16H15FO3S. The fourth-order valence-corrected chi connectivity index (χ4v) is 2.55. The van der Waals surface area contributed by atoms with E-state index in [0.29, 0.717) is 6.42 Å². The van der Waals surface area contributed by atoms with E-state index in [1.54, 1.807) is 11.3 Å². The van der Waals surface area contributed by atoms with Gasteiger partial charge in [-0.3, -0.25) is 9.59 Å². The highest BCUT2D eigenvalue weighted by Gasteiger charge is 2.11. The number of thiophene rings is 1. The standard InChI is InChI=1S/C16H15FO3S/c17-13-4-6-15(7-5-13)20-16(19)10-14(18)3-1-2-12-8-9-21-11-12/h4-9,11H,1-3,10H2. The van der Waals surface area contributed by atoms with Crippen LogP contribution in [0.2, 0.25) is 0 Å². The van der Waals surface area contributed by atoms with Gasteiger partial charge in [0.15, 0.2) is 0 Å². The monoisotopic (exact) mass is 306 g/mol. The summed E-state index contributed by atoms with van der Waals surface area (Å²) in [5.41, 5.74) is 1.21. The summed E-state index contributed by atoms with van der Waals surface area (Å²) >= 11 is 1.63. The molecule has 0 N–H and O–H groups in total. The lowest BCUT2D eigenvalue weighted by atomic mass is 10.1. The molecule has 0 bridgehead atoms. The molecule has 0 fully saturated rings. The van der Waals surface area contributed by atoms with Gasteiger partial charge in [0.2, 0.25) is 0 Å². The van der Waals surface area contributed by atoms with Crippen LogP contribution in [0.1, 0.15) is 24.8 Å². The van der Waals surface area contributed by atoms with E-state index < -0.39 is 11.8 Å². The molecule has 3 nitrogen and oxygen atoms in total. The molecule has 0 aliphatic carbocycles. The number of carbonyl (C=O) groups excluding carboxylic acids is 2. The average Bonchev–Trinajstić information content (AvgIpc) is 2.94. The van der Waals surface area contributed by atoms with Crippen molar-refractivity contribution in [2.24, 2.45) is 0 Å². The lowest BCUT2D eigenvalue weighted by Gasteiger charge is -2.04. The molecule has 0 radical (unpaired) electrons. The number of rotatable bonds is 7. The molecule has 0 amide bonds. The van der Waals surface area contributed by atoms with Gasteiger partial charge in [-0.15, -0.1) is 0 Å².